The van der Waals surface area contributed by atoms with Crippen molar-refractivity contribution in [2.24, 2.45) is 35.5 Å². The number of ether oxygens (including phenoxy) is 2. The third-order valence-corrected chi connectivity index (χ3v) is 8.68. The molecule has 1 heterocycles. The highest BCUT2D eigenvalue weighted by Crippen LogP contribution is 2.56. The molecule has 32 heavy (non-hydrogen) atoms. The van der Waals surface area contributed by atoms with Crippen LogP contribution in [0.15, 0.2) is 18.2 Å². The van der Waals surface area contributed by atoms with Gasteiger partial charge in [0.1, 0.15) is 13.2 Å². The van der Waals surface area contributed by atoms with E-state index >= 15 is 0 Å². The Kier molecular flexibility index (Phi) is 5.27. The molecule has 4 fully saturated rings. The van der Waals surface area contributed by atoms with Gasteiger partial charge in [0.25, 0.3) is 0 Å². The summed E-state index contributed by atoms with van der Waals surface area (Å²) < 4.78 is 11.4. The lowest BCUT2D eigenvalue weighted by Gasteiger charge is -2.23. The molecule has 1 unspecified atom stereocenters. The molecule has 5 aliphatic rings. The molecular formula is C26H34N2O4. The van der Waals surface area contributed by atoms with Crippen molar-refractivity contribution >= 4 is 11.8 Å². The van der Waals surface area contributed by atoms with E-state index in [1.54, 1.807) is 0 Å². The molecule has 0 saturated heterocycles. The van der Waals surface area contributed by atoms with Gasteiger partial charge in [0.05, 0.1) is 6.04 Å². The number of carbonyl (C=O) groups excluding carboxylic acids is 2. The first kappa shape index (κ1) is 20.4. The van der Waals surface area contributed by atoms with Gasteiger partial charge in [-0.1, -0.05) is 31.7 Å². The normalized spacial score (nSPS) is 35.0. The molecule has 0 bridgehead atoms. The fourth-order valence-electron chi connectivity index (χ4n) is 6.88. The molecule has 4 saturated carbocycles. The smallest absolute Gasteiger partial charge is 0.224 e. The second kappa shape index (κ2) is 8.27. The summed E-state index contributed by atoms with van der Waals surface area (Å²) in [7, 11) is 0. The molecule has 2 amide bonds. The highest BCUT2D eigenvalue weighted by molar-refractivity contribution is 5.84. The Labute approximate surface area is 189 Å². The number of hydrogen-bond donors (Lipinski definition) is 2. The topological polar surface area (TPSA) is 76.7 Å². The largest absolute Gasteiger partial charge is 0.486 e. The molecule has 1 aliphatic heterocycles. The highest BCUT2D eigenvalue weighted by atomic mass is 16.6. The maximum absolute atomic E-state index is 13.2. The van der Waals surface area contributed by atoms with Crippen LogP contribution < -0.4 is 20.1 Å². The van der Waals surface area contributed by atoms with Crippen molar-refractivity contribution in [2.75, 3.05) is 19.8 Å². The molecule has 2 N–H and O–H groups in total. The van der Waals surface area contributed by atoms with E-state index in [0.717, 1.165) is 11.3 Å². The third kappa shape index (κ3) is 3.75. The number of rotatable bonds is 6. The van der Waals surface area contributed by atoms with E-state index in [9.17, 15) is 9.59 Å². The average molecular weight is 439 g/mol. The molecule has 0 spiro atoms. The van der Waals surface area contributed by atoms with Crippen LogP contribution in [-0.4, -0.2) is 31.6 Å². The van der Waals surface area contributed by atoms with Gasteiger partial charge < -0.3 is 20.1 Å². The molecule has 0 aromatic heterocycles. The fraction of sp³-hybridized carbons (Fsp3) is 0.692. The van der Waals surface area contributed by atoms with Crippen molar-refractivity contribution in [1.29, 1.82) is 0 Å². The summed E-state index contributed by atoms with van der Waals surface area (Å²) in [5, 5.41) is 6.47. The van der Waals surface area contributed by atoms with Gasteiger partial charge in [-0.05, 0) is 67.1 Å². The van der Waals surface area contributed by atoms with E-state index in [1.165, 1.54) is 51.4 Å². The third-order valence-electron chi connectivity index (χ3n) is 8.68. The van der Waals surface area contributed by atoms with E-state index in [4.69, 9.17) is 9.47 Å². The van der Waals surface area contributed by atoms with Gasteiger partial charge in [0.15, 0.2) is 11.5 Å². The maximum atomic E-state index is 13.2. The molecule has 1 aromatic rings. The Morgan fingerprint density at radius 2 is 1.38 bits per heavy atom. The number of hydrogen-bond acceptors (Lipinski definition) is 4. The number of carbonyl (C=O) groups is 2. The Morgan fingerprint density at radius 1 is 0.812 bits per heavy atom. The van der Waals surface area contributed by atoms with Crippen molar-refractivity contribution < 1.29 is 19.1 Å². The minimum absolute atomic E-state index is 0.149. The Balaban J connectivity index is 1.15. The molecular weight excluding hydrogens is 404 g/mol. The number of nitrogens with one attached hydrogen (secondary N) is 2. The molecule has 172 valence electrons. The minimum Gasteiger partial charge on any atom is -0.486 e. The van der Waals surface area contributed by atoms with Gasteiger partial charge in [-0.15, -0.1) is 0 Å². The summed E-state index contributed by atoms with van der Waals surface area (Å²) in [6.45, 7) is 1.50. The van der Waals surface area contributed by atoms with Crippen LogP contribution in [0.1, 0.15) is 63.0 Å². The van der Waals surface area contributed by atoms with Gasteiger partial charge in [0.2, 0.25) is 11.8 Å². The number of amides is 2. The minimum atomic E-state index is -0.259. The van der Waals surface area contributed by atoms with Crippen LogP contribution in [0.2, 0.25) is 0 Å². The summed E-state index contributed by atoms with van der Waals surface area (Å²) in [4.78, 5) is 26.1. The van der Waals surface area contributed by atoms with Crippen molar-refractivity contribution in [3.05, 3.63) is 23.8 Å². The quantitative estimate of drug-likeness (QED) is 0.712. The standard InChI is InChI=1S/C26H34N2O4/c29-25(23-16-5-1-2-6-17(16)23)27-14-20(15-9-10-21-22(13-15)32-12-11-31-21)28-26(30)24-18-7-3-4-8-19(18)24/h9-10,13,16-20,23-24H,1-8,11-12,14H2,(H,27,29)(H,28,30)/t16-,17-,18-,19+,20+,24?/m1/s1. The Morgan fingerprint density at radius 3 is 2.00 bits per heavy atom. The van der Waals surface area contributed by atoms with Gasteiger partial charge in [0, 0.05) is 18.4 Å². The van der Waals surface area contributed by atoms with E-state index in [1.807, 2.05) is 18.2 Å². The molecule has 6 nitrogen and oxygen atoms in total. The Hall–Kier alpha value is -2.24. The lowest BCUT2D eigenvalue weighted by atomic mass is 10.0. The maximum Gasteiger partial charge on any atom is 0.224 e. The van der Waals surface area contributed by atoms with Crippen LogP contribution in [0.4, 0.5) is 0 Å². The van der Waals surface area contributed by atoms with Crippen LogP contribution in [0.5, 0.6) is 11.5 Å². The summed E-state index contributed by atoms with van der Waals surface area (Å²) in [6.07, 6.45) is 9.74. The van der Waals surface area contributed by atoms with Crippen LogP contribution in [0, 0.1) is 35.5 Å². The Bertz CT molecular complexity index is 878. The summed E-state index contributed by atoms with van der Waals surface area (Å²) >= 11 is 0. The van der Waals surface area contributed by atoms with Gasteiger partial charge >= 0.3 is 0 Å². The summed E-state index contributed by atoms with van der Waals surface area (Å²) in [5.74, 6) is 4.40. The predicted octanol–water partition coefficient (Wildman–Crippen LogP) is 3.60. The highest BCUT2D eigenvalue weighted by Gasteiger charge is 2.56. The lowest BCUT2D eigenvalue weighted by molar-refractivity contribution is -0.125. The van der Waals surface area contributed by atoms with E-state index in [-0.39, 0.29) is 29.7 Å². The molecule has 0 radical (unpaired) electrons. The average Bonchev–Trinajstić information content (AvgIpc) is 3.74. The van der Waals surface area contributed by atoms with Crippen LogP contribution in [-0.2, 0) is 9.59 Å². The first-order valence-corrected chi connectivity index (χ1v) is 12.7. The van der Waals surface area contributed by atoms with Gasteiger partial charge in [-0.3, -0.25) is 9.59 Å². The van der Waals surface area contributed by atoms with Crippen molar-refractivity contribution in [3.63, 3.8) is 0 Å². The zero-order chi connectivity index (χ0) is 21.7. The van der Waals surface area contributed by atoms with Crippen molar-refractivity contribution in [2.45, 2.75) is 57.4 Å². The molecule has 6 heteroatoms. The van der Waals surface area contributed by atoms with Crippen molar-refractivity contribution in [1.82, 2.24) is 10.6 Å². The van der Waals surface area contributed by atoms with Crippen molar-refractivity contribution in [3.8, 4) is 11.5 Å². The first-order valence-electron chi connectivity index (χ1n) is 12.7. The zero-order valence-electron chi connectivity index (χ0n) is 18.7. The second-order valence-electron chi connectivity index (χ2n) is 10.5. The zero-order valence-corrected chi connectivity index (χ0v) is 18.7. The van der Waals surface area contributed by atoms with Crippen LogP contribution in [0.3, 0.4) is 0 Å². The van der Waals surface area contributed by atoms with E-state index in [2.05, 4.69) is 10.6 Å². The number of fused-ring (bicyclic) bond motifs is 3. The van der Waals surface area contributed by atoms with Crippen LogP contribution in [0.25, 0.3) is 0 Å². The predicted molar refractivity (Wildman–Crippen MR) is 119 cm³/mol. The monoisotopic (exact) mass is 438 g/mol. The SMILES string of the molecule is O=C(N[C@@H](CNC(=O)C1[C@@H]2CCCC[C@@H]12)c1ccc2c(c1)OCCO2)C1[C@H]2CCCC[C@@H]12. The van der Waals surface area contributed by atoms with Gasteiger partial charge in [-0.25, -0.2) is 0 Å². The molecule has 6 rings (SSSR count). The number of benzene rings is 1. The lowest BCUT2D eigenvalue weighted by Crippen LogP contribution is -2.39. The van der Waals surface area contributed by atoms with E-state index in [0.29, 0.717) is 49.2 Å². The summed E-state index contributed by atoms with van der Waals surface area (Å²) in [5.41, 5.74) is 0.958. The second-order valence-corrected chi connectivity index (χ2v) is 10.5. The first-order chi connectivity index (χ1) is 15.7. The van der Waals surface area contributed by atoms with Crippen LogP contribution >= 0.6 is 0 Å². The van der Waals surface area contributed by atoms with E-state index < -0.39 is 0 Å². The molecule has 6 atom stereocenters. The molecule has 1 aromatic carbocycles. The van der Waals surface area contributed by atoms with Gasteiger partial charge in [-0.2, -0.15) is 0 Å². The molecule has 4 aliphatic carbocycles. The summed E-state index contributed by atoms with van der Waals surface area (Å²) in [6, 6.07) is 5.60. The fourth-order valence-corrected chi connectivity index (χ4v) is 6.88.